The third kappa shape index (κ3) is 8.86. The second-order valence-corrected chi connectivity index (χ2v) is 6.90. The Morgan fingerprint density at radius 3 is 2.78 bits per heavy atom. The molecule has 1 aromatic carbocycles. The summed E-state index contributed by atoms with van der Waals surface area (Å²) in [6, 6.07) is 8.37. The van der Waals surface area contributed by atoms with Crippen molar-refractivity contribution in [1.29, 1.82) is 0 Å². The first-order valence-electron chi connectivity index (χ1n) is 8.50. The van der Waals surface area contributed by atoms with Crippen LogP contribution in [0.25, 0.3) is 0 Å². The van der Waals surface area contributed by atoms with Crippen molar-refractivity contribution in [3.05, 3.63) is 28.7 Å². The lowest BCUT2D eigenvalue weighted by Crippen LogP contribution is -2.45. The fraction of sp³-hybridized carbons (Fsp3) is 0.588. The van der Waals surface area contributed by atoms with Crippen LogP contribution >= 0.6 is 39.9 Å². The Hall–Kier alpha value is -0.750. The van der Waals surface area contributed by atoms with E-state index in [-0.39, 0.29) is 36.6 Å². The van der Waals surface area contributed by atoms with E-state index in [4.69, 9.17) is 0 Å². The number of aliphatic imine (C=N–C) groups is 1. The molecule has 1 saturated heterocycles. The van der Waals surface area contributed by atoms with Gasteiger partial charge in [-0.15, -0.1) is 24.0 Å². The fourth-order valence-electron chi connectivity index (χ4n) is 2.76. The number of alkyl halides is 3. The van der Waals surface area contributed by atoms with Crippen LogP contribution in [0.1, 0.15) is 12.8 Å². The molecule has 0 spiro atoms. The maximum absolute atomic E-state index is 12.0. The molecule has 0 bridgehead atoms. The summed E-state index contributed by atoms with van der Waals surface area (Å²) in [6.45, 7) is 1.16. The van der Waals surface area contributed by atoms with Gasteiger partial charge in [0.1, 0.15) is 6.61 Å². The van der Waals surface area contributed by atoms with E-state index in [0.29, 0.717) is 18.9 Å². The Morgan fingerprint density at radius 2 is 2.11 bits per heavy atom. The summed E-state index contributed by atoms with van der Waals surface area (Å²) in [5.74, 6) is 0.653. The fourth-order valence-corrected chi connectivity index (χ4v) is 3.30. The van der Waals surface area contributed by atoms with Crippen LogP contribution in [0, 0.1) is 0 Å². The zero-order chi connectivity index (χ0) is 19.0. The number of hydrogen-bond acceptors (Lipinski definition) is 3. The normalized spacial score (nSPS) is 17.6. The van der Waals surface area contributed by atoms with E-state index in [9.17, 15) is 13.2 Å². The number of para-hydroxylation sites is 1. The van der Waals surface area contributed by atoms with Gasteiger partial charge in [0.15, 0.2) is 5.96 Å². The summed E-state index contributed by atoms with van der Waals surface area (Å²) in [6.07, 6.45) is -2.81. The zero-order valence-corrected chi connectivity index (χ0v) is 19.0. The summed E-state index contributed by atoms with van der Waals surface area (Å²) in [4.78, 5) is 6.48. The van der Waals surface area contributed by atoms with Gasteiger partial charge in [0, 0.05) is 43.8 Å². The molecule has 2 rings (SSSR count). The molecule has 5 nitrogen and oxygen atoms in total. The van der Waals surface area contributed by atoms with Crippen molar-refractivity contribution >= 4 is 51.6 Å². The highest BCUT2D eigenvalue weighted by Gasteiger charge is 2.27. The highest BCUT2D eigenvalue weighted by Crippen LogP contribution is 2.28. The third-order valence-electron chi connectivity index (χ3n) is 3.97. The van der Waals surface area contributed by atoms with E-state index >= 15 is 0 Å². The molecule has 1 aliphatic rings. The molecule has 10 heteroatoms. The number of benzene rings is 1. The molecule has 0 aliphatic carbocycles. The molecule has 2 N–H and O–H groups in total. The maximum Gasteiger partial charge on any atom is 0.411 e. The van der Waals surface area contributed by atoms with Crippen LogP contribution in [-0.2, 0) is 4.74 Å². The predicted molar refractivity (Wildman–Crippen MR) is 116 cm³/mol. The minimum absolute atomic E-state index is 0. The number of hydrogen-bond donors (Lipinski definition) is 2. The molecule has 154 valence electrons. The van der Waals surface area contributed by atoms with Crippen molar-refractivity contribution < 1.29 is 17.9 Å². The molecule has 1 unspecified atom stereocenters. The highest BCUT2D eigenvalue weighted by atomic mass is 127. The molecule has 1 aromatic rings. The molecule has 0 aromatic heterocycles. The van der Waals surface area contributed by atoms with E-state index in [0.717, 1.165) is 24.0 Å². The molecule has 1 fully saturated rings. The standard InChI is InChI=1S/C17H24BrF3N4O.HI/c1-22-16(23-8-4-10-26-12-17(19,20)21)24-13-7-9-25(11-13)15-6-3-2-5-14(15)18;/h2-3,5-6,13H,4,7-12H2,1H3,(H2,22,23,24);1H. The number of rotatable bonds is 7. The monoisotopic (exact) mass is 564 g/mol. The summed E-state index contributed by atoms with van der Waals surface area (Å²) in [5.41, 5.74) is 1.17. The number of halogens is 5. The first-order chi connectivity index (χ1) is 12.4. The summed E-state index contributed by atoms with van der Waals surface area (Å²) in [5, 5.41) is 6.47. The van der Waals surface area contributed by atoms with Gasteiger partial charge in [-0.2, -0.15) is 13.2 Å². The van der Waals surface area contributed by atoms with Gasteiger partial charge in [0.05, 0.1) is 5.69 Å². The van der Waals surface area contributed by atoms with Crippen molar-refractivity contribution in [1.82, 2.24) is 10.6 Å². The first kappa shape index (κ1) is 24.3. The van der Waals surface area contributed by atoms with Gasteiger partial charge in [0.2, 0.25) is 0 Å². The molecule has 1 aliphatic heterocycles. The average Bonchev–Trinajstić information content (AvgIpc) is 3.04. The van der Waals surface area contributed by atoms with Crippen molar-refractivity contribution in [2.75, 3.05) is 44.8 Å². The minimum Gasteiger partial charge on any atom is -0.372 e. The van der Waals surface area contributed by atoms with Gasteiger partial charge in [-0.25, -0.2) is 0 Å². The van der Waals surface area contributed by atoms with Crippen LogP contribution < -0.4 is 15.5 Å². The van der Waals surface area contributed by atoms with E-state index in [2.05, 4.69) is 47.3 Å². The summed E-state index contributed by atoms with van der Waals surface area (Å²) >= 11 is 3.58. The summed E-state index contributed by atoms with van der Waals surface area (Å²) in [7, 11) is 1.68. The Kier molecular flexibility index (Phi) is 10.7. The highest BCUT2D eigenvalue weighted by molar-refractivity contribution is 14.0. The van der Waals surface area contributed by atoms with Crippen LogP contribution in [0.5, 0.6) is 0 Å². The molecule has 1 heterocycles. The van der Waals surface area contributed by atoms with Crippen LogP contribution in [-0.4, -0.2) is 58.1 Å². The molecule has 0 amide bonds. The van der Waals surface area contributed by atoms with Gasteiger partial charge in [-0.1, -0.05) is 12.1 Å². The van der Waals surface area contributed by atoms with Crippen LogP contribution in [0.4, 0.5) is 18.9 Å². The van der Waals surface area contributed by atoms with Crippen molar-refractivity contribution in [2.45, 2.75) is 25.1 Å². The van der Waals surface area contributed by atoms with Gasteiger partial charge in [-0.3, -0.25) is 4.99 Å². The molecule has 27 heavy (non-hydrogen) atoms. The number of ether oxygens (including phenoxy) is 1. The van der Waals surface area contributed by atoms with Gasteiger partial charge >= 0.3 is 6.18 Å². The minimum atomic E-state index is -4.27. The van der Waals surface area contributed by atoms with Crippen molar-refractivity contribution in [3.63, 3.8) is 0 Å². The number of guanidine groups is 1. The number of nitrogens with one attached hydrogen (secondary N) is 2. The topological polar surface area (TPSA) is 48.9 Å². The third-order valence-corrected chi connectivity index (χ3v) is 4.64. The molecular formula is C17H25BrF3IN4O. The van der Waals surface area contributed by atoms with E-state index < -0.39 is 12.8 Å². The van der Waals surface area contributed by atoms with Gasteiger partial charge in [-0.05, 0) is 40.9 Å². The van der Waals surface area contributed by atoms with Gasteiger partial charge < -0.3 is 20.3 Å². The Morgan fingerprint density at radius 1 is 1.37 bits per heavy atom. The zero-order valence-electron chi connectivity index (χ0n) is 15.1. The van der Waals surface area contributed by atoms with Crippen molar-refractivity contribution in [3.8, 4) is 0 Å². The molecule has 1 atom stereocenters. The summed E-state index contributed by atoms with van der Waals surface area (Å²) < 4.78 is 41.6. The first-order valence-corrected chi connectivity index (χ1v) is 9.29. The number of nitrogens with zero attached hydrogens (tertiary/aromatic N) is 2. The average molecular weight is 565 g/mol. The molecule has 0 saturated carbocycles. The van der Waals surface area contributed by atoms with Crippen LogP contribution in [0.2, 0.25) is 0 Å². The predicted octanol–water partition coefficient (Wildman–Crippen LogP) is 3.78. The Balaban J connectivity index is 0.00000364. The SMILES string of the molecule is CN=C(NCCCOCC(F)(F)F)NC1CCN(c2ccccc2Br)C1.I. The van der Waals surface area contributed by atoms with Crippen LogP contribution in [0.15, 0.2) is 33.7 Å². The van der Waals surface area contributed by atoms with E-state index in [1.165, 1.54) is 5.69 Å². The lowest BCUT2D eigenvalue weighted by atomic mass is 10.2. The quantitative estimate of drug-likeness (QED) is 0.229. The largest absolute Gasteiger partial charge is 0.411 e. The molecular weight excluding hydrogens is 540 g/mol. The van der Waals surface area contributed by atoms with Gasteiger partial charge in [0.25, 0.3) is 0 Å². The lowest BCUT2D eigenvalue weighted by Gasteiger charge is -2.21. The Bertz CT molecular complexity index is 604. The maximum atomic E-state index is 12.0. The second kappa shape index (κ2) is 11.9. The Labute approximate surface area is 183 Å². The molecule has 0 radical (unpaired) electrons. The van der Waals surface area contributed by atoms with Crippen molar-refractivity contribution in [2.24, 2.45) is 4.99 Å². The lowest BCUT2D eigenvalue weighted by molar-refractivity contribution is -0.173. The second-order valence-electron chi connectivity index (χ2n) is 6.05. The smallest absolute Gasteiger partial charge is 0.372 e. The van der Waals surface area contributed by atoms with Crippen LogP contribution in [0.3, 0.4) is 0 Å². The van der Waals surface area contributed by atoms with E-state index in [1.54, 1.807) is 7.05 Å². The van der Waals surface area contributed by atoms with E-state index in [1.807, 2.05) is 18.2 Å². The number of anilines is 1.